The highest BCUT2D eigenvalue weighted by molar-refractivity contribution is 5.26. The monoisotopic (exact) mass is 462 g/mol. The van der Waals surface area contributed by atoms with Crippen LogP contribution in [0, 0.1) is 0 Å². The second-order valence-electron chi connectivity index (χ2n) is 8.57. The van der Waals surface area contributed by atoms with Crippen molar-refractivity contribution in [3.05, 3.63) is 59.7 Å². The Balaban J connectivity index is 1.58. The Morgan fingerprint density at radius 1 is 0.727 bits per heavy atom. The van der Waals surface area contributed by atoms with E-state index in [1.165, 1.54) is 0 Å². The zero-order chi connectivity index (χ0) is 23.8. The summed E-state index contributed by atoms with van der Waals surface area (Å²) in [4.78, 5) is 0. The van der Waals surface area contributed by atoms with Crippen LogP contribution in [0.5, 0.6) is 11.5 Å². The molecule has 1 heterocycles. The molecule has 0 radical (unpaired) electrons. The van der Waals surface area contributed by atoms with Gasteiger partial charge < -0.3 is 40.1 Å². The number of unbranched alkanes of at least 4 members (excludes halogenated alkanes) is 1. The third-order valence-corrected chi connectivity index (χ3v) is 6.04. The van der Waals surface area contributed by atoms with Gasteiger partial charge in [0.1, 0.15) is 35.9 Å². The Hall–Kier alpha value is -2.20. The second kappa shape index (κ2) is 12.3. The number of hydrogen-bond donors (Lipinski definition) is 6. The van der Waals surface area contributed by atoms with Gasteiger partial charge in [0, 0.05) is 0 Å². The van der Waals surface area contributed by atoms with Gasteiger partial charge in [0.15, 0.2) is 6.29 Å². The minimum Gasteiger partial charge on any atom is -0.508 e. The van der Waals surface area contributed by atoms with Gasteiger partial charge >= 0.3 is 0 Å². The van der Waals surface area contributed by atoms with Gasteiger partial charge in [0.2, 0.25) is 0 Å². The molecule has 182 valence electrons. The van der Waals surface area contributed by atoms with Crippen molar-refractivity contribution in [3.8, 4) is 11.5 Å². The number of aliphatic hydroxyl groups excluding tert-OH is 4. The summed E-state index contributed by atoms with van der Waals surface area (Å²) in [6, 6.07) is 14.0. The van der Waals surface area contributed by atoms with Gasteiger partial charge in [-0.3, -0.25) is 0 Å². The van der Waals surface area contributed by atoms with E-state index >= 15 is 0 Å². The molecule has 1 fully saturated rings. The van der Waals surface area contributed by atoms with Crippen molar-refractivity contribution in [1.82, 2.24) is 0 Å². The molecule has 1 aliphatic rings. The van der Waals surface area contributed by atoms with E-state index in [4.69, 9.17) is 9.47 Å². The summed E-state index contributed by atoms with van der Waals surface area (Å²) in [7, 11) is 0. The molecule has 0 bridgehead atoms. The van der Waals surface area contributed by atoms with Crippen LogP contribution in [0.3, 0.4) is 0 Å². The van der Waals surface area contributed by atoms with E-state index in [0.717, 1.165) is 30.4 Å². The van der Waals surface area contributed by atoms with Crippen LogP contribution in [-0.4, -0.2) is 74.1 Å². The first kappa shape index (κ1) is 25.4. The Morgan fingerprint density at radius 2 is 1.30 bits per heavy atom. The van der Waals surface area contributed by atoms with E-state index in [-0.39, 0.29) is 17.6 Å². The molecular formula is C25H34O8. The highest BCUT2D eigenvalue weighted by Crippen LogP contribution is 2.26. The number of phenols is 2. The smallest absolute Gasteiger partial charge is 0.186 e. The lowest BCUT2D eigenvalue weighted by molar-refractivity contribution is -0.312. The molecule has 0 spiro atoms. The summed E-state index contributed by atoms with van der Waals surface area (Å²) < 4.78 is 11.6. The molecule has 1 saturated heterocycles. The van der Waals surface area contributed by atoms with Gasteiger partial charge in [-0.05, 0) is 67.5 Å². The van der Waals surface area contributed by atoms with Crippen LogP contribution in [0.25, 0.3) is 0 Å². The molecule has 0 aromatic heterocycles. The second-order valence-corrected chi connectivity index (χ2v) is 8.57. The van der Waals surface area contributed by atoms with Gasteiger partial charge in [-0.1, -0.05) is 30.7 Å². The van der Waals surface area contributed by atoms with Gasteiger partial charge in [-0.15, -0.1) is 0 Å². The lowest BCUT2D eigenvalue weighted by Crippen LogP contribution is -2.59. The van der Waals surface area contributed by atoms with Crippen LogP contribution >= 0.6 is 0 Å². The minimum absolute atomic E-state index is 0.196. The largest absolute Gasteiger partial charge is 0.508 e. The molecule has 6 atom stereocenters. The topological polar surface area (TPSA) is 140 Å². The molecule has 33 heavy (non-hydrogen) atoms. The predicted molar refractivity (Wildman–Crippen MR) is 121 cm³/mol. The SMILES string of the molecule is OC[C@H]1O[C@H](O[C@@H](CCCCc2ccc(O)cc2)CCc2ccc(O)cc2)[C@H](O)[C@@H](O)[C@@H]1O. The molecular weight excluding hydrogens is 428 g/mol. The quantitative estimate of drug-likeness (QED) is 0.277. The van der Waals surface area contributed by atoms with Crippen molar-refractivity contribution in [2.45, 2.75) is 75.3 Å². The summed E-state index contributed by atoms with van der Waals surface area (Å²) >= 11 is 0. The molecule has 3 rings (SSSR count). The molecule has 8 heteroatoms. The van der Waals surface area contributed by atoms with E-state index in [9.17, 15) is 30.6 Å². The fraction of sp³-hybridized carbons (Fsp3) is 0.520. The number of ether oxygens (including phenoxy) is 2. The van der Waals surface area contributed by atoms with Crippen molar-refractivity contribution in [1.29, 1.82) is 0 Å². The van der Waals surface area contributed by atoms with Gasteiger partial charge in [0.25, 0.3) is 0 Å². The molecule has 2 aromatic carbocycles. The highest BCUT2D eigenvalue weighted by atomic mass is 16.7. The van der Waals surface area contributed by atoms with Crippen molar-refractivity contribution in [2.75, 3.05) is 6.61 Å². The zero-order valence-corrected chi connectivity index (χ0v) is 18.5. The number of aromatic hydroxyl groups is 2. The third-order valence-electron chi connectivity index (χ3n) is 6.04. The van der Waals surface area contributed by atoms with E-state index in [1.54, 1.807) is 24.3 Å². The van der Waals surface area contributed by atoms with E-state index in [2.05, 4.69) is 0 Å². The molecule has 0 saturated carbocycles. The zero-order valence-electron chi connectivity index (χ0n) is 18.5. The van der Waals surface area contributed by atoms with Gasteiger partial charge in [-0.25, -0.2) is 0 Å². The van der Waals surface area contributed by atoms with Crippen LogP contribution in [-0.2, 0) is 22.3 Å². The van der Waals surface area contributed by atoms with Crippen LogP contribution < -0.4 is 0 Å². The molecule has 1 aliphatic heterocycles. The van der Waals surface area contributed by atoms with Crippen LogP contribution in [0.4, 0.5) is 0 Å². The summed E-state index contributed by atoms with van der Waals surface area (Å²) in [5, 5.41) is 58.7. The number of rotatable bonds is 11. The summed E-state index contributed by atoms with van der Waals surface area (Å²) in [5.74, 6) is 0.433. The summed E-state index contributed by atoms with van der Waals surface area (Å²) in [5.41, 5.74) is 2.16. The Labute approximate surface area is 193 Å². The maximum atomic E-state index is 10.3. The fourth-order valence-electron chi connectivity index (χ4n) is 4.00. The Kier molecular flexibility index (Phi) is 9.49. The normalized spacial score (nSPS) is 26.2. The maximum absolute atomic E-state index is 10.3. The van der Waals surface area contributed by atoms with E-state index in [0.29, 0.717) is 19.3 Å². The number of benzene rings is 2. The van der Waals surface area contributed by atoms with Gasteiger partial charge in [-0.2, -0.15) is 0 Å². The van der Waals surface area contributed by atoms with Crippen LogP contribution in [0.2, 0.25) is 0 Å². The van der Waals surface area contributed by atoms with E-state index in [1.807, 2.05) is 24.3 Å². The van der Waals surface area contributed by atoms with Crippen LogP contribution in [0.15, 0.2) is 48.5 Å². The van der Waals surface area contributed by atoms with Crippen LogP contribution in [0.1, 0.15) is 36.8 Å². The number of hydrogen-bond acceptors (Lipinski definition) is 8. The number of aliphatic hydroxyl groups is 4. The number of aryl methyl sites for hydroxylation is 2. The molecule has 2 aromatic rings. The summed E-state index contributed by atoms with van der Waals surface area (Å²) in [6.07, 6.45) is -2.22. The van der Waals surface area contributed by atoms with Crippen molar-refractivity contribution in [3.63, 3.8) is 0 Å². The minimum atomic E-state index is -1.48. The maximum Gasteiger partial charge on any atom is 0.186 e. The lowest BCUT2D eigenvalue weighted by atomic mass is 9.98. The molecule has 0 unspecified atom stereocenters. The Morgan fingerprint density at radius 3 is 1.88 bits per heavy atom. The van der Waals surface area contributed by atoms with E-state index < -0.39 is 37.3 Å². The van der Waals surface area contributed by atoms with Gasteiger partial charge in [0.05, 0.1) is 12.7 Å². The standard InChI is InChI=1S/C25H34O8/c26-15-21-22(29)23(30)24(31)25(33-21)32-20(14-9-17-7-12-19(28)13-8-17)4-2-1-3-16-5-10-18(27)11-6-16/h5-8,10-13,20-31H,1-4,9,14-15H2/t20-,21+,22+,23-,24+,25-/m0/s1. The molecule has 6 N–H and O–H groups in total. The molecule has 0 aliphatic carbocycles. The first-order valence-electron chi connectivity index (χ1n) is 11.4. The van der Waals surface area contributed by atoms with Crippen molar-refractivity contribution in [2.24, 2.45) is 0 Å². The lowest BCUT2D eigenvalue weighted by Gasteiger charge is -2.41. The van der Waals surface area contributed by atoms with Crippen molar-refractivity contribution < 1.29 is 40.1 Å². The van der Waals surface area contributed by atoms with Crippen molar-refractivity contribution >= 4 is 0 Å². The molecule has 8 nitrogen and oxygen atoms in total. The predicted octanol–water partition coefficient (Wildman–Crippen LogP) is 1.63. The first-order valence-corrected chi connectivity index (χ1v) is 11.4. The molecule has 0 amide bonds. The third kappa shape index (κ3) is 7.40. The fourth-order valence-corrected chi connectivity index (χ4v) is 4.00. The number of phenolic OH excluding ortho intramolecular Hbond substituents is 2. The Bertz CT molecular complexity index is 823. The average Bonchev–Trinajstić information content (AvgIpc) is 2.82. The summed E-state index contributed by atoms with van der Waals surface area (Å²) in [6.45, 7) is -0.504. The first-order chi connectivity index (χ1) is 15.9. The highest BCUT2D eigenvalue weighted by Gasteiger charge is 2.44. The average molecular weight is 463 g/mol.